The molecule has 0 aliphatic rings. The van der Waals surface area contributed by atoms with E-state index >= 15 is 0 Å². The van der Waals surface area contributed by atoms with Crippen LogP contribution in [-0.4, -0.2) is 9.97 Å². The molecule has 19 heavy (non-hydrogen) atoms. The molecule has 2 rings (SSSR count). The average molecular weight is 293 g/mol. The van der Waals surface area contributed by atoms with E-state index < -0.39 is 0 Å². The maximum Gasteiger partial charge on any atom is 0.133 e. The summed E-state index contributed by atoms with van der Waals surface area (Å²) in [6, 6.07) is 10.2. The first-order chi connectivity index (χ1) is 9.06. The predicted octanol–water partition coefficient (Wildman–Crippen LogP) is 4.85. The van der Waals surface area contributed by atoms with Gasteiger partial charge in [-0.1, -0.05) is 49.7 Å². The van der Waals surface area contributed by atoms with E-state index in [1.165, 1.54) is 11.1 Å². The van der Waals surface area contributed by atoms with Gasteiger partial charge in [0.2, 0.25) is 0 Å². The van der Waals surface area contributed by atoms with Crippen molar-refractivity contribution in [3.8, 4) is 0 Å². The van der Waals surface area contributed by atoms with Crippen molar-refractivity contribution in [3.05, 3.63) is 52.4 Å². The second-order valence-electron chi connectivity index (χ2n) is 4.76. The Bertz CT molecular complexity index is 570. The zero-order valence-electron chi connectivity index (χ0n) is 11.4. The standard InChI is InChI=1S/C15H17ClN2S/c1-10(2)15-17-13(16)8-14(18-15)19-9-12-7-5-4-6-11(12)3/h4-8,10H,9H2,1-3H3. The molecule has 1 aromatic heterocycles. The van der Waals surface area contributed by atoms with Crippen molar-refractivity contribution < 1.29 is 0 Å². The molecule has 0 aliphatic heterocycles. The average Bonchev–Trinajstić information content (AvgIpc) is 2.37. The molecule has 1 heterocycles. The van der Waals surface area contributed by atoms with Gasteiger partial charge in [0.15, 0.2) is 0 Å². The third kappa shape index (κ3) is 3.95. The number of aryl methyl sites for hydroxylation is 1. The monoisotopic (exact) mass is 292 g/mol. The van der Waals surface area contributed by atoms with Gasteiger partial charge in [-0.3, -0.25) is 0 Å². The molecular formula is C15H17ClN2S. The third-order valence-electron chi connectivity index (χ3n) is 2.84. The van der Waals surface area contributed by atoms with Crippen LogP contribution in [0.5, 0.6) is 0 Å². The lowest BCUT2D eigenvalue weighted by Crippen LogP contribution is -1.99. The molecular weight excluding hydrogens is 276 g/mol. The van der Waals surface area contributed by atoms with Crippen LogP contribution in [0, 0.1) is 6.92 Å². The number of aromatic nitrogens is 2. The highest BCUT2D eigenvalue weighted by atomic mass is 35.5. The molecule has 1 aromatic carbocycles. The topological polar surface area (TPSA) is 25.8 Å². The summed E-state index contributed by atoms with van der Waals surface area (Å²) in [4.78, 5) is 8.79. The van der Waals surface area contributed by atoms with Gasteiger partial charge in [0, 0.05) is 17.7 Å². The number of halogens is 1. The molecule has 0 atom stereocenters. The minimum absolute atomic E-state index is 0.288. The van der Waals surface area contributed by atoms with Crippen LogP contribution in [0.4, 0.5) is 0 Å². The van der Waals surface area contributed by atoms with Crippen LogP contribution in [0.3, 0.4) is 0 Å². The van der Waals surface area contributed by atoms with Crippen molar-refractivity contribution in [1.29, 1.82) is 0 Å². The summed E-state index contributed by atoms with van der Waals surface area (Å²) in [6.45, 7) is 6.27. The van der Waals surface area contributed by atoms with Gasteiger partial charge in [-0.15, -0.1) is 11.8 Å². The number of rotatable bonds is 4. The number of thioether (sulfide) groups is 1. The summed E-state index contributed by atoms with van der Waals surface area (Å²) in [7, 11) is 0. The van der Waals surface area contributed by atoms with Gasteiger partial charge in [-0.2, -0.15) is 0 Å². The Morgan fingerprint density at radius 2 is 1.95 bits per heavy atom. The Kier molecular flexibility index (Phi) is 4.83. The van der Waals surface area contributed by atoms with Crippen molar-refractivity contribution in [3.63, 3.8) is 0 Å². The number of benzene rings is 1. The molecule has 0 amide bonds. The molecule has 4 heteroatoms. The van der Waals surface area contributed by atoms with Gasteiger partial charge >= 0.3 is 0 Å². The number of hydrogen-bond acceptors (Lipinski definition) is 3. The third-order valence-corrected chi connectivity index (χ3v) is 4.00. The van der Waals surface area contributed by atoms with Crippen LogP contribution >= 0.6 is 23.4 Å². The quantitative estimate of drug-likeness (QED) is 0.595. The van der Waals surface area contributed by atoms with Crippen LogP contribution in [0.25, 0.3) is 0 Å². The predicted molar refractivity (Wildman–Crippen MR) is 81.9 cm³/mol. The zero-order valence-corrected chi connectivity index (χ0v) is 12.9. The Labute approximate surface area is 123 Å². The fourth-order valence-corrected chi connectivity index (χ4v) is 2.90. The second-order valence-corrected chi connectivity index (χ2v) is 6.14. The van der Waals surface area contributed by atoms with E-state index in [-0.39, 0.29) is 5.92 Å². The van der Waals surface area contributed by atoms with Gasteiger partial charge in [0.25, 0.3) is 0 Å². The lowest BCUT2D eigenvalue weighted by Gasteiger charge is -2.08. The minimum Gasteiger partial charge on any atom is -0.226 e. The Hall–Kier alpha value is -1.06. The minimum atomic E-state index is 0.288. The van der Waals surface area contributed by atoms with Gasteiger partial charge in [0.1, 0.15) is 16.0 Å². The molecule has 100 valence electrons. The van der Waals surface area contributed by atoms with Crippen LogP contribution in [-0.2, 0) is 5.75 Å². The first kappa shape index (κ1) is 14.4. The van der Waals surface area contributed by atoms with Gasteiger partial charge < -0.3 is 0 Å². The highest BCUT2D eigenvalue weighted by molar-refractivity contribution is 7.98. The van der Waals surface area contributed by atoms with E-state index in [0.717, 1.165) is 16.6 Å². The van der Waals surface area contributed by atoms with Gasteiger partial charge in [0.05, 0.1) is 0 Å². The van der Waals surface area contributed by atoms with Crippen molar-refractivity contribution in [1.82, 2.24) is 9.97 Å². The molecule has 0 saturated carbocycles. The lowest BCUT2D eigenvalue weighted by atomic mass is 10.1. The maximum absolute atomic E-state index is 6.04. The summed E-state index contributed by atoms with van der Waals surface area (Å²) in [5.74, 6) is 1.99. The summed E-state index contributed by atoms with van der Waals surface area (Å²) >= 11 is 7.74. The summed E-state index contributed by atoms with van der Waals surface area (Å²) in [5, 5.41) is 1.46. The van der Waals surface area contributed by atoms with Crippen LogP contribution in [0.15, 0.2) is 35.4 Å². The van der Waals surface area contributed by atoms with Crippen LogP contribution in [0.2, 0.25) is 5.15 Å². The van der Waals surface area contributed by atoms with Crippen molar-refractivity contribution in [2.24, 2.45) is 0 Å². The number of nitrogens with zero attached hydrogens (tertiary/aromatic N) is 2. The Morgan fingerprint density at radius 1 is 1.21 bits per heavy atom. The van der Waals surface area contributed by atoms with Gasteiger partial charge in [-0.05, 0) is 18.1 Å². The van der Waals surface area contributed by atoms with E-state index in [1.54, 1.807) is 11.8 Å². The maximum atomic E-state index is 6.04. The van der Waals surface area contributed by atoms with Crippen molar-refractivity contribution in [2.45, 2.75) is 37.5 Å². The zero-order chi connectivity index (χ0) is 13.8. The normalized spacial score (nSPS) is 11.0. The second kappa shape index (κ2) is 6.40. The molecule has 0 unspecified atom stereocenters. The van der Waals surface area contributed by atoms with E-state index in [1.807, 2.05) is 6.07 Å². The van der Waals surface area contributed by atoms with E-state index in [4.69, 9.17) is 11.6 Å². The molecule has 0 saturated heterocycles. The highest BCUT2D eigenvalue weighted by Gasteiger charge is 2.08. The SMILES string of the molecule is Cc1ccccc1CSc1cc(Cl)nc(C(C)C)n1. The smallest absolute Gasteiger partial charge is 0.133 e. The summed E-state index contributed by atoms with van der Waals surface area (Å²) in [5.41, 5.74) is 2.63. The first-order valence-corrected chi connectivity index (χ1v) is 7.64. The first-order valence-electron chi connectivity index (χ1n) is 6.28. The largest absolute Gasteiger partial charge is 0.226 e. The van der Waals surface area contributed by atoms with Gasteiger partial charge in [-0.25, -0.2) is 9.97 Å². The molecule has 0 aliphatic carbocycles. The highest BCUT2D eigenvalue weighted by Crippen LogP contribution is 2.25. The molecule has 2 aromatic rings. The fraction of sp³-hybridized carbons (Fsp3) is 0.333. The van der Waals surface area contributed by atoms with E-state index in [0.29, 0.717) is 5.15 Å². The lowest BCUT2D eigenvalue weighted by molar-refractivity contribution is 0.753. The number of hydrogen-bond donors (Lipinski definition) is 0. The molecule has 2 nitrogen and oxygen atoms in total. The molecule has 0 bridgehead atoms. The molecule has 0 radical (unpaired) electrons. The molecule has 0 N–H and O–H groups in total. The Balaban J connectivity index is 2.14. The van der Waals surface area contributed by atoms with E-state index in [2.05, 4.69) is 55.0 Å². The van der Waals surface area contributed by atoms with E-state index in [9.17, 15) is 0 Å². The fourth-order valence-electron chi connectivity index (χ4n) is 1.67. The summed E-state index contributed by atoms with van der Waals surface area (Å²) < 4.78 is 0. The summed E-state index contributed by atoms with van der Waals surface area (Å²) in [6.07, 6.45) is 0. The van der Waals surface area contributed by atoms with Crippen molar-refractivity contribution >= 4 is 23.4 Å². The van der Waals surface area contributed by atoms with Crippen LogP contribution < -0.4 is 0 Å². The van der Waals surface area contributed by atoms with Crippen molar-refractivity contribution in [2.75, 3.05) is 0 Å². The molecule has 0 spiro atoms. The van der Waals surface area contributed by atoms with Crippen LogP contribution in [0.1, 0.15) is 36.7 Å². The molecule has 0 fully saturated rings. The Morgan fingerprint density at radius 3 is 2.63 bits per heavy atom.